The average Bonchev–Trinajstić information content (AvgIpc) is 3.35. The molecule has 0 fully saturated rings. The number of likely N-dealkylation sites (N-methyl/N-ethyl adjacent to an activating group) is 1. The maximum atomic E-state index is 14.6. The number of rotatable bonds is 9. The van der Waals surface area contributed by atoms with Crippen LogP contribution in [0.3, 0.4) is 0 Å². The maximum absolute atomic E-state index is 14.6. The van der Waals surface area contributed by atoms with E-state index in [1.54, 1.807) is 31.2 Å². The Morgan fingerprint density at radius 3 is 2.44 bits per heavy atom. The second-order valence-corrected chi connectivity index (χ2v) is 10.6. The Morgan fingerprint density at radius 2 is 1.72 bits per heavy atom. The number of halogens is 1. The molecule has 4 aromatic rings. The van der Waals surface area contributed by atoms with Gasteiger partial charge in [-0.05, 0) is 87.3 Å². The van der Waals surface area contributed by atoms with E-state index < -0.39 is 5.60 Å². The lowest BCUT2D eigenvalue weighted by Crippen LogP contribution is -2.32. The van der Waals surface area contributed by atoms with Crippen molar-refractivity contribution in [2.75, 3.05) is 20.7 Å². The highest BCUT2D eigenvalue weighted by atomic mass is 19.1. The molecule has 8 heteroatoms. The molecule has 4 rings (SSSR count). The third kappa shape index (κ3) is 7.16. The van der Waals surface area contributed by atoms with Crippen molar-refractivity contribution in [2.24, 2.45) is 0 Å². The lowest BCUT2D eigenvalue weighted by Gasteiger charge is -2.22. The van der Waals surface area contributed by atoms with Crippen molar-refractivity contribution < 1.29 is 23.2 Å². The fraction of sp³-hybridized carbons (Fsp3) is 0.323. The zero-order valence-corrected chi connectivity index (χ0v) is 23.2. The molecule has 0 bridgehead atoms. The molecule has 3 aromatic carbocycles. The van der Waals surface area contributed by atoms with Crippen LogP contribution in [0.5, 0.6) is 0 Å². The van der Waals surface area contributed by atoms with Crippen LogP contribution in [0.25, 0.3) is 34.0 Å². The minimum atomic E-state index is -0.579. The van der Waals surface area contributed by atoms with Crippen LogP contribution < -0.4 is 0 Å². The predicted molar refractivity (Wildman–Crippen MR) is 148 cm³/mol. The number of carbonyl (C=O) groups is 1. The summed E-state index contributed by atoms with van der Waals surface area (Å²) in [5.41, 5.74) is 5.60. The van der Waals surface area contributed by atoms with Crippen molar-refractivity contribution >= 4 is 5.97 Å². The molecule has 0 radical (unpaired) electrons. The number of ether oxygens (including phenoxy) is 2. The van der Waals surface area contributed by atoms with Crippen LogP contribution in [0.4, 0.5) is 4.39 Å². The number of hydrogen-bond donors (Lipinski definition) is 0. The van der Waals surface area contributed by atoms with E-state index in [1.807, 2.05) is 51.1 Å². The number of hydrogen-bond acceptors (Lipinski definition) is 7. The van der Waals surface area contributed by atoms with Gasteiger partial charge in [0.1, 0.15) is 11.4 Å². The standard InChI is InChI=1S/C31H34FN3O4/c1-20-9-7-8-10-25(20)26-13-11-22(16-24(26)19-37-6)30-33-29(34-39-30)21-12-14-27(32)23(15-21)17-35(5)18-28(36)38-31(2,3)4/h7-16H,17-19H2,1-6H3. The third-order valence-electron chi connectivity index (χ3n) is 6.08. The van der Waals surface area contributed by atoms with E-state index in [1.165, 1.54) is 11.6 Å². The van der Waals surface area contributed by atoms with E-state index in [4.69, 9.17) is 14.0 Å². The highest BCUT2D eigenvalue weighted by Crippen LogP contribution is 2.32. The van der Waals surface area contributed by atoms with Crippen LogP contribution in [0.1, 0.15) is 37.5 Å². The summed E-state index contributed by atoms with van der Waals surface area (Å²) in [6.45, 7) is 8.19. The van der Waals surface area contributed by atoms with Crippen LogP contribution in [0.15, 0.2) is 65.2 Å². The van der Waals surface area contributed by atoms with Gasteiger partial charge in [0.25, 0.3) is 5.89 Å². The Kier molecular flexibility index (Phi) is 8.57. The van der Waals surface area contributed by atoms with E-state index in [9.17, 15) is 9.18 Å². The first-order valence-corrected chi connectivity index (χ1v) is 12.7. The van der Waals surface area contributed by atoms with Gasteiger partial charge in [-0.25, -0.2) is 4.39 Å². The number of esters is 1. The molecule has 1 heterocycles. The molecule has 0 saturated heterocycles. The van der Waals surface area contributed by atoms with Crippen molar-refractivity contribution in [2.45, 2.75) is 46.4 Å². The smallest absolute Gasteiger partial charge is 0.320 e. The number of aryl methyl sites for hydroxylation is 1. The van der Waals surface area contributed by atoms with E-state index in [-0.39, 0.29) is 24.9 Å². The molecule has 0 aliphatic heterocycles. The number of methoxy groups -OCH3 is 1. The third-order valence-corrected chi connectivity index (χ3v) is 6.08. The summed E-state index contributed by atoms with van der Waals surface area (Å²) in [5.74, 6) is -0.0518. The topological polar surface area (TPSA) is 77.7 Å². The van der Waals surface area contributed by atoms with Gasteiger partial charge in [0, 0.05) is 30.3 Å². The molecule has 39 heavy (non-hydrogen) atoms. The molecule has 0 atom stereocenters. The molecule has 204 valence electrons. The Labute approximate surface area is 228 Å². The van der Waals surface area contributed by atoms with Crippen molar-refractivity contribution in [3.05, 3.63) is 83.2 Å². The lowest BCUT2D eigenvalue weighted by molar-refractivity contribution is -0.155. The molecule has 0 amide bonds. The normalized spacial score (nSPS) is 11.7. The minimum absolute atomic E-state index is 0.0373. The van der Waals surface area contributed by atoms with E-state index >= 15 is 0 Å². The Morgan fingerprint density at radius 1 is 1.00 bits per heavy atom. The van der Waals surface area contributed by atoms with Gasteiger partial charge in [-0.1, -0.05) is 35.5 Å². The largest absolute Gasteiger partial charge is 0.459 e. The van der Waals surface area contributed by atoms with E-state index in [0.29, 0.717) is 29.4 Å². The average molecular weight is 532 g/mol. The highest BCUT2D eigenvalue weighted by Gasteiger charge is 2.19. The van der Waals surface area contributed by atoms with Gasteiger partial charge in [0.05, 0.1) is 13.2 Å². The van der Waals surface area contributed by atoms with Gasteiger partial charge in [-0.3, -0.25) is 9.69 Å². The number of nitrogens with zero attached hydrogens (tertiary/aromatic N) is 3. The van der Waals surface area contributed by atoms with Crippen molar-refractivity contribution in [1.82, 2.24) is 15.0 Å². The number of carbonyl (C=O) groups excluding carboxylic acids is 1. The van der Waals surface area contributed by atoms with Gasteiger partial charge >= 0.3 is 5.97 Å². The molecule has 0 aliphatic carbocycles. The van der Waals surface area contributed by atoms with Gasteiger partial charge in [-0.15, -0.1) is 0 Å². The van der Waals surface area contributed by atoms with Crippen molar-refractivity contribution in [1.29, 1.82) is 0 Å². The molecular weight excluding hydrogens is 497 g/mol. The second-order valence-electron chi connectivity index (χ2n) is 10.6. The summed E-state index contributed by atoms with van der Waals surface area (Å²) in [4.78, 5) is 18.4. The summed E-state index contributed by atoms with van der Waals surface area (Å²) in [7, 11) is 3.40. The summed E-state index contributed by atoms with van der Waals surface area (Å²) < 4.78 is 31.0. The van der Waals surface area contributed by atoms with Gasteiger partial charge < -0.3 is 14.0 Å². The first-order chi connectivity index (χ1) is 18.5. The summed E-state index contributed by atoms with van der Waals surface area (Å²) in [6, 6.07) is 18.8. The molecule has 0 N–H and O–H groups in total. The summed E-state index contributed by atoms with van der Waals surface area (Å²) in [5, 5.41) is 4.14. The van der Waals surface area contributed by atoms with Crippen LogP contribution in [0.2, 0.25) is 0 Å². The Bertz CT molecular complexity index is 1460. The Hall–Kier alpha value is -3.88. The first kappa shape index (κ1) is 28.1. The van der Waals surface area contributed by atoms with E-state index in [2.05, 4.69) is 29.2 Å². The number of aromatic nitrogens is 2. The van der Waals surface area contributed by atoms with Crippen molar-refractivity contribution in [3.63, 3.8) is 0 Å². The first-order valence-electron chi connectivity index (χ1n) is 12.7. The lowest BCUT2D eigenvalue weighted by atomic mass is 9.94. The zero-order chi connectivity index (χ0) is 28.2. The van der Waals surface area contributed by atoms with Crippen LogP contribution in [0, 0.1) is 12.7 Å². The molecule has 1 aromatic heterocycles. The quantitative estimate of drug-likeness (QED) is 0.230. The molecular formula is C31H34FN3O4. The Balaban J connectivity index is 1.56. The monoisotopic (exact) mass is 531 g/mol. The van der Waals surface area contributed by atoms with Gasteiger partial charge in [-0.2, -0.15) is 4.98 Å². The zero-order valence-electron chi connectivity index (χ0n) is 23.2. The molecule has 0 aliphatic rings. The minimum Gasteiger partial charge on any atom is -0.459 e. The van der Waals surface area contributed by atoms with Crippen LogP contribution in [-0.2, 0) is 27.4 Å². The second kappa shape index (κ2) is 11.9. The SMILES string of the molecule is COCc1cc(-c2nc(-c3ccc(F)c(CN(C)CC(=O)OC(C)(C)C)c3)no2)ccc1-c1ccccc1C. The fourth-order valence-electron chi connectivity index (χ4n) is 4.37. The van der Waals surface area contributed by atoms with Crippen molar-refractivity contribution in [3.8, 4) is 34.0 Å². The molecule has 0 saturated carbocycles. The maximum Gasteiger partial charge on any atom is 0.320 e. The van der Waals surface area contributed by atoms with Gasteiger partial charge in [0.15, 0.2) is 0 Å². The van der Waals surface area contributed by atoms with E-state index in [0.717, 1.165) is 22.3 Å². The summed E-state index contributed by atoms with van der Waals surface area (Å²) in [6.07, 6.45) is 0. The fourth-order valence-corrected chi connectivity index (χ4v) is 4.37. The van der Waals surface area contributed by atoms with Gasteiger partial charge in [0.2, 0.25) is 5.82 Å². The molecule has 0 spiro atoms. The number of benzene rings is 3. The molecule has 7 nitrogen and oxygen atoms in total. The molecule has 0 unspecified atom stereocenters. The van der Waals surface area contributed by atoms with Crippen LogP contribution in [-0.4, -0.2) is 47.3 Å². The highest BCUT2D eigenvalue weighted by molar-refractivity contribution is 5.74. The summed E-state index contributed by atoms with van der Waals surface area (Å²) >= 11 is 0. The van der Waals surface area contributed by atoms with Crippen LogP contribution >= 0.6 is 0 Å². The predicted octanol–water partition coefficient (Wildman–Crippen LogP) is 6.44.